The summed E-state index contributed by atoms with van der Waals surface area (Å²) >= 11 is -3.40. The van der Waals surface area contributed by atoms with Crippen molar-refractivity contribution >= 4 is 0 Å². The topological polar surface area (TPSA) is 66.3 Å². The summed E-state index contributed by atoms with van der Waals surface area (Å²) in [6, 6.07) is 0. The van der Waals surface area contributed by atoms with Crippen LogP contribution in [0.3, 0.4) is 0 Å². The van der Waals surface area contributed by atoms with Crippen LogP contribution in [0, 0.1) is 54.8 Å². The van der Waals surface area contributed by atoms with Gasteiger partial charge in [-0.05, 0) is 4.20 Å². The first-order chi connectivity index (χ1) is 1.73. The van der Waals surface area contributed by atoms with E-state index in [0.29, 0.717) is 0 Å². The average molecular weight is 286 g/mol. The molecular formula is HBrGdO3. The molecule has 0 aromatic heterocycles. The van der Waals surface area contributed by atoms with Crippen molar-refractivity contribution in [2.75, 3.05) is 0 Å². The third kappa shape index (κ3) is 27.2. The van der Waals surface area contributed by atoms with E-state index in [-0.39, 0.29) is 39.9 Å². The fourth-order valence-corrected chi connectivity index (χ4v) is 0. The minimum atomic E-state index is -3.40. The van der Waals surface area contributed by atoms with E-state index in [2.05, 4.69) is 0 Å². The molecule has 0 saturated carbocycles. The van der Waals surface area contributed by atoms with E-state index in [4.69, 9.17) is 12.6 Å². The van der Waals surface area contributed by atoms with Crippen LogP contribution in [0.2, 0.25) is 0 Å². The number of hydrogen-bond donors (Lipinski definition) is 1. The SMILES string of the molecule is [Gd].[O-][Br+2]([O-])O. The van der Waals surface area contributed by atoms with Gasteiger partial charge in [-0.3, -0.25) is 0 Å². The second-order valence-corrected chi connectivity index (χ2v) is 1.04. The Labute approximate surface area is 66.5 Å². The minimum Gasteiger partial charge on any atom is -0.372 e. The predicted molar refractivity (Wildman–Crippen MR) is 2.22 cm³/mol. The van der Waals surface area contributed by atoms with Crippen molar-refractivity contribution in [1.29, 1.82) is 0 Å². The van der Waals surface area contributed by atoms with Crippen LogP contribution in [0.25, 0.3) is 0 Å². The van der Waals surface area contributed by atoms with Gasteiger partial charge in [-0.15, -0.1) is 0 Å². The summed E-state index contributed by atoms with van der Waals surface area (Å²) in [5, 5.41) is 0. The van der Waals surface area contributed by atoms with E-state index in [1.807, 2.05) is 0 Å². The van der Waals surface area contributed by atoms with Gasteiger partial charge in [-0.25, -0.2) is 0 Å². The molecule has 0 atom stereocenters. The first kappa shape index (κ1) is 9.84. The van der Waals surface area contributed by atoms with Crippen LogP contribution in [0.1, 0.15) is 0 Å². The summed E-state index contributed by atoms with van der Waals surface area (Å²) in [5.74, 6) is 0. The molecule has 0 spiro atoms. The Balaban J connectivity index is 0. The molecule has 5 heavy (non-hydrogen) atoms. The molecule has 0 fully saturated rings. The van der Waals surface area contributed by atoms with E-state index in [0.717, 1.165) is 0 Å². The maximum atomic E-state index is 8.63. The van der Waals surface area contributed by atoms with E-state index < -0.39 is 14.8 Å². The number of halogens is 1. The van der Waals surface area contributed by atoms with Gasteiger partial charge in [0.25, 0.3) is 0 Å². The minimum absolute atomic E-state index is 0. The molecule has 0 unspecified atom stereocenters. The summed E-state index contributed by atoms with van der Waals surface area (Å²) < 4.78 is 24.3. The third-order valence-electron chi connectivity index (χ3n) is 0. The molecule has 1 N–H and O–H groups in total. The van der Waals surface area contributed by atoms with Crippen molar-refractivity contribution in [2.24, 2.45) is 0 Å². The Morgan fingerprint density at radius 2 is 1.40 bits per heavy atom. The Hall–Kier alpha value is 1.68. The van der Waals surface area contributed by atoms with E-state index >= 15 is 0 Å². The predicted octanol–water partition coefficient (Wildman–Crippen LogP) is -2.94. The maximum Gasteiger partial charge on any atom is 0.433 e. The van der Waals surface area contributed by atoms with Gasteiger partial charge in [-0.1, -0.05) is 0 Å². The smallest absolute Gasteiger partial charge is 0.372 e. The molecule has 0 aromatic rings. The molecule has 0 aliphatic heterocycles. The second-order valence-electron chi connectivity index (χ2n) is 0.201. The summed E-state index contributed by atoms with van der Waals surface area (Å²) in [5.41, 5.74) is 0. The van der Waals surface area contributed by atoms with E-state index in [9.17, 15) is 0 Å². The zero-order valence-electron chi connectivity index (χ0n) is 2.00. The van der Waals surface area contributed by atoms with Gasteiger partial charge < -0.3 is 8.40 Å². The normalized spacial score (nSPS) is 7.20. The molecule has 0 saturated heterocycles. The van der Waals surface area contributed by atoms with Crippen LogP contribution in [0.4, 0.5) is 0 Å². The van der Waals surface area contributed by atoms with Crippen molar-refractivity contribution < 1.29 is 67.3 Å². The van der Waals surface area contributed by atoms with Gasteiger partial charge in [0.05, 0.1) is 0 Å². The zero-order chi connectivity index (χ0) is 3.58. The van der Waals surface area contributed by atoms with Gasteiger partial charge in [0.15, 0.2) is 0 Å². The van der Waals surface area contributed by atoms with Crippen LogP contribution in [-0.2, 0) is 0 Å². The number of hydrogen-bond acceptors (Lipinski definition) is 3. The molecule has 5 heteroatoms. The monoisotopic (exact) mass is 286 g/mol. The average Bonchev–Trinajstić information content (AvgIpc) is 0.811. The van der Waals surface area contributed by atoms with Crippen molar-refractivity contribution in [2.45, 2.75) is 0 Å². The molecule has 34 valence electrons. The fourth-order valence-electron chi connectivity index (χ4n) is 0. The zero-order valence-corrected chi connectivity index (χ0v) is 5.85. The Morgan fingerprint density at radius 1 is 1.40 bits per heavy atom. The molecule has 3 nitrogen and oxygen atoms in total. The Kier molecular flexibility index (Phi) is 11.2. The Morgan fingerprint density at radius 3 is 1.40 bits per heavy atom. The summed E-state index contributed by atoms with van der Waals surface area (Å²) in [7, 11) is 0. The second kappa shape index (κ2) is 5.68. The van der Waals surface area contributed by atoms with Gasteiger partial charge in [0.2, 0.25) is 0 Å². The van der Waals surface area contributed by atoms with Crippen LogP contribution < -0.4 is 8.40 Å². The van der Waals surface area contributed by atoms with Crippen molar-refractivity contribution in [3.63, 3.8) is 0 Å². The van der Waals surface area contributed by atoms with Gasteiger partial charge >= 0.3 is 14.8 Å². The van der Waals surface area contributed by atoms with E-state index in [1.165, 1.54) is 0 Å². The largest absolute Gasteiger partial charge is 0.433 e. The van der Waals surface area contributed by atoms with Gasteiger partial charge in [0.1, 0.15) is 0 Å². The summed E-state index contributed by atoms with van der Waals surface area (Å²) in [4.78, 5) is 0. The van der Waals surface area contributed by atoms with Gasteiger partial charge in [0, 0.05) is 39.9 Å². The van der Waals surface area contributed by atoms with Crippen LogP contribution in [0.15, 0.2) is 0 Å². The summed E-state index contributed by atoms with van der Waals surface area (Å²) in [6.45, 7) is 0. The molecule has 0 heterocycles. The molecule has 0 radical (unpaired) electrons. The first-order valence-electron chi connectivity index (χ1n) is 0.478. The van der Waals surface area contributed by atoms with E-state index in [1.54, 1.807) is 0 Å². The van der Waals surface area contributed by atoms with Crippen LogP contribution in [-0.4, -0.2) is 4.20 Å². The Bertz CT molecular complexity index is 11.6. The molecule has 0 aliphatic rings. The molecular weight excluding hydrogens is 285 g/mol. The number of rotatable bonds is 0. The molecule has 0 amide bonds. The van der Waals surface area contributed by atoms with Crippen LogP contribution >= 0.6 is 0 Å². The molecule has 0 aromatic carbocycles. The van der Waals surface area contributed by atoms with Crippen molar-refractivity contribution in [3.05, 3.63) is 0 Å². The molecule has 0 aliphatic carbocycles. The fraction of sp³-hybridized carbons (Fsp3) is 0. The quantitative estimate of drug-likeness (QED) is 0.518. The standard InChI is InChI=1S/BrHO3.Gd/c2-1(3)4;/h2H;. The van der Waals surface area contributed by atoms with Crippen molar-refractivity contribution in [1.82, 2.24) is 0 Å². The summed E-state index contributed by atoms with van der Waals surface area (Å²) in [6.07, 6.45) is 0. The first-order valence-corrected chi connectivity index (χ1v) is 2.48. The third-order valence-corrected chi connectivity index (χ3v) is 0. The molecule has 0 bridgehead atoms. The van der Waals surface area contributed by atoms with Crippen molar-refractivity contribution in [3.8, 4) is 0 Å². The van der Waals surface area contributed by atoms with Gasteiger partial charge in [-0.2, -0.15) is 0 Å². The van der Waals surface area contributed by atoms with Crippen LogP contribution in [0.5, 0.6) is 0 Å². The maximum absolute atomic E-state index is 8.63. The molecule has 0 rings (SSSR count).